The Labute approximate surface area is 335 Å². The molecule has 0 aliphatic heterocycles. The maximum absolute atomic E-state index is 12.8. The molecule has 1 rings (SSSR count). The Kier molecular flexibility index (Phi) is 35.2. The average Bonchev–Trinajstić information content (AvgIpc) is 3.19. The number of hydrogen-bond donors (Lipinski definition) is 0. The van der Waals surface area contributed by atoms with Crippen LogP contribution in [-0.2, 0) is 9.47 Å². The lowest BCUT2D eigenvalue weighted by Crippen LogP contribution is -2.27. The summed E-state index contributed by atoms with van der Waals surface area (Å²) in [6.45, 7) is 15.9. The summed E-state index contributed by atoms with van der Waals surface area (Å²) in [5.41, 5.74) is 0.803. The molecule has 0 saturated heterocycles. The quantitative estimate of drug-likeness (QED) is 0.0491. The second-order valence-electron chi connectivity index (χ2n) is 15.9. The molecule has 0 amide bonds. The van der Waals surface area contributed by atoms with Crippen molar-refractivity contribution in [2.45, 2.75) is 207 Å². The van der Waals surface area contributed by atoms with E-state index in [-0.39, 0.29) is 11.9 Å². The summed E-state index contributed by atoms with van der Waals surface area (Å²) >= 11 is 0. The standard InChI is InChI=1S/C48H88N2O4/c1-5-9-11-13-15-17-19-21-23-25-27-29-31-38-49(7-3)40-34-42-53-47(51)45-36-33-37-46(44-45)48(52)54-43-35-41-50(8-4)39-32-30-28-26-24-22-20-18-16-14-12-10-6-2/h33,36-37,44H,5-32,34-35,38-43H2,1-4H3. The highest BCUT2D eigenvalue weighted by Gasteiger charge is 2.13. The molecule has 0 spiro atoms. The van der Waals surface area contributed by atoms with E-state index in [1.54, 1.807) is 24.3 Å². The third-order valence-corrected chi connectivity index (χ3v) is 11.1. The molecule has 6 nitrogen and oxygen atoms in total. The zero-order chi connectivity index (χ0) is 39.2. The topological polar surface area (TPSA) is 59.1 Å². The largest absolute Gasteiger partial charge is 0.462 e. The van der Waals surface area contributed by atoms with Crippen LogP contribution in [0.25, 0.3) is 0 Å². The second kappa shape index (κ2) is 38.0. The molecule has 0 radical (unpaired) electrons. The third kappa shape index (κ3) is 29.4. The number of unbranched alkanes of at least 4 members (excludes halogenated alkanes) is 24. The first-order chi connectivity index (χ1) is 26.5. The van der Waals surface area contributed by atoms with Gasteiger partial charge in [0, 0.05) is 13.1 Å². The van der Waals surface area contributed by atoms with Crippen LogP contribution >= 0.6 is 0 Å². The molecule has 0 bridgehead atoms. The number of rotatable bonds is 40. The minimum absolute atomic E-state index is 0.379. The van der Waals surface area contributed by atoms with Crippen molar-refractivity contribution in [2.75, 3.05) is 52.5 Å². The highest BCUT2D eigenvalue weighted by Crippen LogP contribution is 2.15. The number of benzene rings is 1. The second-order valence-corrected chi connectivity index (χ2v) is 15.9. The summed E-state index contributed by atoms with van der Waals surface area (Å²) in [5.74, 6) is -0.758. The molecule has 0 aromatic heterocycles. The maximum Gasteiger partial charge on any atom is 0.338 e. The van der Waals surface area contributed by atoms with Crippen molar-refractivity contribution in [1.82, 2.24) is 9.80 Å². The summed E-state index contributed by atoms with van der Waals surface area (Å²) in [4.78, 5) is 30.4. The van der Waals surface area contributed by atoms with Crippen LogP contribution in [0.5, 0.6) is 0 Å². The van der Waals surface area contributed by atoms with E-state index in [9.17, 15) is 9.59 Å². The Morgan fingerprint density at radius 1 is 0.407 bits per heavy atom. The van der Waals surface area contributed by atoms with Crippen LogP contribution in [0.3, 0.4) is 0 Å². The van der Waals surface area contributed by atoms with Crippen molar-refractivity contribution < 1.29 is 19.1 Å². The predicted octanol–water partition coefficient (Wildman–Crippen LogP) is 13.6. The summed E-state index contributed by atoms with van der Waals surface area (Å²) in [5, 5.41) is 0. The molecule has 0 saturated carbocycles. The van der Waals surface area contributed by atoms with E-state index in [2.05, 4.69) is 37.5 Å². The van der Waals surface area contributed by atoms with E-state index in [4.69, 9.17) is 9.47 Å². The van der Waals surface area contributed by atoms with Crippen molar-refractivity contribution in [1.29, 1.82) is 0 Å². The number of nitrogens with zero attached hydrogens (tertiary/aromatic N) is 2. The lowest BCUT2D eigenvalue weighted by atomic mass is 10.0. The van der Waals surface area contributed by atoms with E-state index < -0.39 is 0 Å². The van der Waals surface area contributed by atoms with Crippen molar-refractivity contribution in [2.24, 2.45) is 0 Å². The average molecular weight is 757 g/mol. The first kappa shape index (κ1) is 50.1. The van der Waals surface area contributed by atoms with Crippen LogP contribution in [-0.4, -0.2) is 74.2 Å². The van der Waals surface area contributed by atoms with E-state index in [1.165, 1.54) is 167 Å². The molecule has 1 aromatic carbocycles. The summed E-state index contributed by atoms with van der Waals surface area (Å²) in [6.07, 6.45) is 37.4. The van der Waals surface area contributed by atoms with Gasteiger partial charge in [0.25, 0.3) is 0 Å². The molecule has 0 atom stereocenters. The fraction of sp³-hybridized carbons (Fsp3) is 0.833. The molecule has 1 aromatic rings. The van der Waals surface area contributed by atoms with Crippen LogP contribution in [0.15, 0.2) is 24.3 Å². The molecule has 0 heterocycles. The van der Waals surface area contributed by atoms with Crippen molar-refractivity contribution in [3.8, 4) is 0 Å². The van der Waals surface area contributed by atoms with Crippen molar-refractivity contribution in [3.05, 3.63) is 35.4 Å². The van der Waals surface area contributed by atoms with Gasteiger partial charge in [-0.05, 0) is 70.1 Å². The van der Waals surface area contributed by atoms with E-state index in [0.717, 1.165) is 52.1 Å². The van der Waals surface area contributed by atoms with Gasteiger partial charge in [0.1, 0.15) is 0 Å². The molecule has 0 aliphatic carbocycles. The van der Waals surface area contributed by atoms with Gasteiger partial charge in [-0.2, -0.15) is 0 Å². The van der Waals surface area contributed by atoms with Crippen LogP contribution in [0, 0.1) is 0 Å². The van der Waals surface area contributed by atoms with Crippen molar-refractivity contribution in [3.63, 3.8) is 0 Å². The Hall–Kier alpha value is -1.92. The third-order valence-electron chi connectivity index (χ3n) is 11.1. The van der Waals surface area contributed by atoms with Gasteiger partial charge in [-0.3, -0.25) is 0 Å². The number of ether oxygens (including phenoxy) is 2. The number of esters is 2. The molecule has 0 fully saturated rings. The SMILES string of the molecule is CCCCCCCCCCCCCCCN(CC)CCCOC(=O)c1cccc(C(=O)OCCCN(CC)CCCCCCCCCCCCCCC)c1. The first-order valence-corrected chi connectivity index (χ1v) is 23.4. The van der Waals surface area contributed by atoms with E-state index in [0.29, 0.717) is 24.3 Å². The van der Waals surface area contributed by atoms with Gasteiger partial charge in [-0.15, -0.1) is 0 Å². The highest BCUT2D eigenvalue weighted by molar-refractivity contribution is 5.95. The van der Waals surface area contributed by atoms with E-state index in [1.807, 2.05) is 0 Å². The van der Waals surface area contributed by atoms with E-state index >= 15 is 0 Å². The molecule has 6 heteroatoms. The van der Waals surface area contributed by atoms with Gasteiger partial charge < -0.3 is 19.3 Å². The van der Waals surface area contributed by atoms with Crippen LogP contribution in [0.2, 0.25) is 0 Å². The minimum atomic E-state index is -0.379. The molecular weight excluding hydrogens is 669 g/mol. The van der Waals surface area contributed by atoms with Gasteiger partial charge in [-0.1, -0.05) is 188 Å². The summed E-state index contributed by atoms with van der Waals surface area (Å²) < 4.78 is 11.2. The summed E-state index contributed by atoms with van der Waals surface area (Å²) in [7, 11) is 0. The monoisotopic (exact) mass is 757 g/mol. The molecule has 0 aliphatic rings. The molecule has 314 valence electrons. The van der Waals surface area contributed by atoms with Gasteiger partial charge in [-0.25, -0.2) is 9.59 Å². The maximum atomic E-state index is 12.8. The number of carbonyl (C=O) groups excluding carboxylic acids is 2. The lowest BCUT2D eigenvalue weighted by Gasteiger charge is -2.20. The Balaban J connectivity index is 2.11. The van der Waals surface area contributed by atoms with Crippen LogP contribution < -0.4 is 0 Å². The Morgan fingerprint density at radius 2 is 0.685 bits per heavy atom. The van der Waals surface area contributed by atoms with Gasteiger partial charge in [0.15, 0.2) is 0 Å². The zero-order valence-electron chi connectivity index (χ0n) is 36.3. The predicted molar refractivity (Wildman–Crippen MR) is 232 cm³/mol. The summed E-state index contributed by atoms with van der Waals surface area (Å²) in [6, 6.07) is 6.75. The fourth-order valence-electron chi connectivity index (χ4n) is 7.41. The lowest BCUT2D eigenvalue weighted by molar-refractivity contribution is 0.0487. The fourth-order valence-corrected chi connectivity index (χ4v) is 7.41. The number of hydrogen-bond acceptors (Lipinski definition) is 6. The molecular formula is C48H88N2O4. The number of carbonyl (C=O) groups is 2. The first-order valence-electron chi connectivity index (χ1n) is 23.4. The molecule has 54 heavy (non-hydrogen) atoms. The normalized spacial score (nSPS) is 11.5. The minimum Gasteiger partial charge on any atom is -0.462 e. The van der Waals surface area contributed by atoms with Crippen LogP contribution in [0.4, 0.5) is 0 Å². The van der Waals surface area contributed by atoms with Gasteiger partial charge in [0.05, 0.1) is 24.3 Å². The zero-order valence-corrected chi connectivity index (χ0v) is 36.3. The van der Waals surface area contributed by atoms with Gasteiger partial charge in [0.2, 0.25) is 0 Å². The van der Waals surface area contributed by atoms with Gasteiger partial charge >= 0.3 is 11.9 Å². The van der Waals surface area contributed by atoms with Crippen molar-refractivity contribution >= 4 is 11.9 Å². The Bertz CT molecular complexity index is 912. The Morgan fingerprint density at radius 3 is 0.981 bits per heavy atom. The molecule has 0 N–H and O–H groups in total. The molecule has 0 unspecified atom stereocenters. The van der Waals surface area contributed by atoms with Crippen LogP contribution in [0.1, 0.15) is 228 Å². The highest BCUT2D eigenvalue weighted by atomic mass is 16.5. The smallest absolute Gasteiger partial charge is 0.338 e.